The number of carbonyl (C=O) groups is 2. The lowest BCUT2D eigenvalue weighted by molar-refractivity contribution is -0.135. The van der Waals surface area contributed by atoms with Gasteiger partial charge >= 0.3 is 0 Å². The molecular weight excluding hydrogens is 353 g/mol. The van der Waals surface area contributed by atoms with Crippen molar-refractivity contribution in [1.82, 2.24) is 25.4 Å². The zero-order chi connectivity index (χ0) is 19.9. The number of halogens is 1. The van der Waals surface area contributed by atoms with E-state index in [-0.39, 0.29) is 17.8 Å². The summed E-state index contributed by atoms with van der Waals surface area (Å²) in [5.74, 6) is -1.14. The van der Waals surface area contributed by atoms with E-state index in [1.807, 2.05) is 6.92 Å². The van der Waals surface area contributed by atoms with E-state index in [2.05, 4.69) is 20.7 Å². The minimum Gasteiger partial charge on any atom is -0.481 e. The van der Waals surface area contributed by atoms with Crippen molar-refractivity contribution in [1.29, 1.82) is 0 Å². The minimum atomic E-state index is -0.833. The first-order valence-electron chi connectivity index (χ1n) is 8.59. The van der Waals surface area contributed by atoms with Crippen LogP contribution in [0.2, 0.25) is 0 Å². The maximum Gasteiger partial charge on any atom is 0.300 e. The standard InChI is InChI=1S/C16H20FN5O.C2H4O2/c1-12(7-22-11-19-10-20-22)21-15(23)16(8-18-9-16)6-13-4-2-3-5-14(13)17;1-2(3)4/h2-5,10-12,18H,6-9H2,1H3,(H,21,23);1H3,(H,3,4). The highest BCUT2D eigenvalue weighted by Crippen LogP contribution is 2.29. The third-order valence-electron chi connectivity index (χ3n) is 4.20. The van der Waals surface area contributed by atoms with Crippen LogP contribution in [0.25, 0.3) is 0 Å². The van der Waals surface area contributed by atoms with Crippen LogP contribution < -0.4 is 10.6 Å². The maximum absolute atomic E-state index is 13.9. The highest BCUT2D eigenvalue weighted by atomic mass is 19.1. The smallest absolute Gasteiger partial charge is 0.300 e. The van der Waals surface area contributed by atoms with Crippen molar-refractivity contribution in [3.8, 4) is 0 Å². The van der Waals surface area contributed by atoms with Crippen LogP contribution in [0.1, 0.15) is 19.4 Å². The van der Waals surface area contributed by atoms with Crippen LogP contribution in [-0.4, -0.2) is 50.9 Å². The Morgan fingerprint density at radius 1 is 1.41 bits per heavy atom. The van der Waals surface area contributed by atoms with E-state index in [4.69, 9.17) is 9.90 Å². The van der Waals surface area contributed by atoms with E-state index in [1.165, 1.54) is 12.4 Å². The fourth-order valence-electron chi connectivity index (χ4n) is 2.83. The molecule has 1 atom stereocenters. The highest BCUT2D eigenvalue weighted by Gasteiger charge is 2.44. The number of nitrogens with one attached hydrogen (secondary N) is 2. The Kier molecular flexibility index (Phi) is 7.00. The van der Waals surface area contributed by atoms with Gasteiger partial charge in [-0.3, -0.25) is 14.3 Å². The SMILES string of the molecule is CC(=O)O.CC(Cn1cncn1)NC(=O)C1(Cc2ccccc2F)CNC1. The topological polar surface area (TPSA) is 109 Å². The van der Waals surface area contributed by atoms with Crippen molar-refractivity contribution in [3.05, 3.63) is 48.3 Å². The van der Waals surface area contributed by atoms with E-state index in [0.717, 1.165) is 6.92 Å². The van der Waals surface area contributed by atoms with Crippen LogP contribution in [0, 0.1) is 11.2 Å². The number of carboxylic acid groups (broad SMARTS) is 1. The summed E-state index contributed by atoms with van der Waals surface area (Å²) < 4.78 is 15.6. The molecule has 2 heterocycles. The third-order valence-corrected chi connectivity index (χ3v) is 4.20. The number of amides is 1. The average molecular weight is 377 g/mol. The molecule has 1 amide bonds. The molecule has 1 aromatic heterocycles. The zero-order valence-electron chi connectivity index (χ0n) is 15.4. The predicted molar refractivity (Wildman–Crippen MR) is 96.3 cm³/mol. The highest BCUT2D eigenvalue weighted by molar-refractivity contribution is 5.84. The molecule has 8 nitrogen and oxygen atoms in total. The summed E-state index contributed by atoms with van der Waals surface area (Å²) in [5.41, 5.74) is -0.00758. The molecule has 0 bridgehead atoms. The van der Waals surface area contributed by atoms with E-state index < -0.39 is 11.4 Å². The zero-order valence-corrected chi connectivity index (χ0v) is 15.4. The lowest BCUT2D eigenvalue weighted by Crippen LogP contribution is -2.63. The molecule has 0 aliphatic carbocycles. The van der Waals surface area contributed by atoms with Gasteiger partial charge in [-0.15, -0.1) is 0 Å². The average Bonchev–Trinajstić information content (AvgIpc) is 3.04. The predicted octanol–water partition coefficient (Wildman–Crippen LogP) is 0.845. The number of hydrogen-bond acceptors (Lipinski definition) is 5. The van der Waals surface area contributed by atoms with Gasteiger partial charge in [-0.1, -0.05) is 18.2 Å². The summed E-state index contributed by atoms with van der Waals surface area (Å²) in [4.78, 5) is 25.6. The molecule has 1 fully saturated rings. The molecule has 9 heteroatoms. The lowest BCUT2D eigenvalue weighted by atomic mass is 9.75. The summed E-state index contributed by atoms with van der Waals surface area (Å²) in [6.45, 7) is 4.67. The first-order chi connectivity index (χ1) is 12.8. The number of aliphatic carboxylic acids is 1. The molecule has 2 aromatic rings. The molecule has 1 aromatic carbocycles. The number of carboxylic acids is 1. The summed E-state index contributed by atoms with van der Waals surface area (Å²) in [6.07, 6.45) is 3.47. The van der Waals surface area contributed by atoms with Crippen molar-refractivity contribution < 1.29 is 19.1 Å². The second-order valence-electron chi connectivity index (χ2n) is 6.66. The molecule has 3 N–H and O–H groups in total. The third kappa shape index (κ3) is 5.85. The van der Waals surface area contributed by atoms with E-state index in [0.29, 0.717) is 31.6 Å². The number of carbonyl (C=O) groups excluding carboxylic acids is 1. The van der Waals surface area contributed by atoms with Crippen molar-refractivity contribution >= 4 is 11.9 Å². The summed E-state index contributed by atoms with van der Waals surface area (Å²) in [7, 11) is 0. The van der Waals surface area contributed by atoms with Gasteiger partial charge in [0.1, 0.15) is 18.5 Å². The first kappa shape index (κ1) is 20.5. The lowest BCUT2D eigenvalue weighted by Gasteiger charge is -2.42. The van der Waals surface area contributed by atoms with Gasteiger partial charge in [0.05, 0.1) is 12.0 Å². The van der Waals surface area contributed by atoms with Crippen LogP contribution in [-0.2, 0) is 22.6 Å². The Labute approximate surface area is 156 Å². The van der Waals surface area contributed by atoms with Gasteiger partial charge in [-0.05, 0) is 25.0 Å². The Hall–Kier alpha value is -2.81. The molecule has 3 rings (SSSR count). The quantitative estimate of drug-likeness (QED) is 0.688. The van der Waals surface area contributed by atoms with Gasteiger partial charge in [-0.25, -0.2) is 9.37 Å². The maximum atomic E-state index is 13.9. The van der Waals surface area contributed by atoms with Gasteiger partial charge in [0.15, 0.2) is 0 Å². The second kappa shape index (κ2) is 9.22. The molecule has 0 saturated carbocycles. The number of hydrogen-bond donors (Lipinski definition) is 3. The van der Waals surface area contributed by atoms with Gasteiger partial charge in [0, 0.05) is 26.1 Å². The first-order valence-corrected chi connectivity index (χ1v) is 8.59. The van der Waals surface area contributed by atoms with E-state index >= 15 is 0 Å². The molecule has 1 saturated heterocycles. The number of rotatable bonds is 6. The van der Waals surface area contributed by atoms with Gasteiger partial charge in [0.25, 0.3) is 5.97 Å². The van der Waals surface area contributed by atoms with E-state index in [9.17, 15) is 9.18 Å². The van der Waals surface area contributed by atoms with Crippen LogP contribution in [0.3, 0.4) is 0 Å². The van der Waals surface area contributed by atoms with Crippen LogP contribution in [0.15, 0.2) is 36.9 Å². The number of aromatic nitrogens is 3. The molecule has 1 unspecified atom stereocenters. The Bertz CT molecular complexity index is 758. The second-order valence-corrected chi connectivity index (χ2v) is 6.66. The summed E-state index contributed by atoms with van der Waals surface area (Å²) in [5, 5.41) is 17.6. The van der Waals surface area contributed by atoms with Gasteiger partial charge in [-0.2, -0.15) is 5.10 Å². The largest absolute Gasteiger partial charge is 0.481 e. The monoisotopic (exact) mass is 377 g/mol. The van der Waals surface area contributed by atoms with Crippen LogP contribution in [0.4, 0.5) is 4.39 Å². The van der Waals surface area contributed by atoms with E-state index in [1.54, 1.807) is 29.2 Å². The fourth-order valence-corrected chi connectivity index (χ4v) is 2.83. The van der Waals surface area contributed by atoms with Gasteiger partial charge in [0.2, 0.25) is 5.91 Å². The van der Waals surface area contributed by atoms with Gasteiger partial charge < -0.3 is 15.7 Å². The van der Waals surface area contributed by atoms with Crippen molar-refractivity contribution in [2.75, 3.05) is 13.1 Å². The molecule has 146 valence electrons. The molecule has 27 heavy (non-hydrogen) atoms. The minimum absolute atomic E-state index is 0.0490. The number of benzene rings is 1. The molecule has 0 spiro atoms. The molecular formula is C18H24FN5O3. The molecule has 1 aliphatic heterocycles. The normalized spacial score (nSPS) is 15.7. The van der Waals surface area contributed by atoms with Crippen molar-refractivity contribution in [3.63, 3.8) is 0 Å². The number of nitrogens with zero attached hydrogens (tertiary/aromatic N) is 3. The fraction of sp³-hybridized carbons (Fsp3) is 0.444. The molecule has 1 aliphatic rings. The Balaban J connectivity index is 0.000000596. The summed E-state index contributed by atoms with van der Waals surface area (Å²) >= 11 is 0. The Morgan fingerprint density at radius 2 is 2.07 bits per heavy atom. The molecule has 0 radical (unpaired) electrons. The van der Waals surface area contributed by atoms with Crippen LogP contribution >= 0.6 is 0 Å². The summed E-state index contributed by atoms with van der Waals surface area (Å²) in [6, 6.07) is 6.54. The van der Waals surface area contributed by atoms with Crippen molar-refractivity contribution in [2.45, 2.75) is 32.9 Å². The van der Waals surface area contributed by atoms with Crippen molar-refractivity contribution in [2.24, 2.45) is 5.41 Å². The Morgan fingerprint density at radius 3 is 2.59 bits per heavy atom. The van der Waals surface area contributed by atoms with Crippen LogP contribution in [0.5, 0.6) is 0 Å².